The molecule has 14 nitrogen and oxygen atoms in total. The molecule has 1 saturated heterocycles. The van der Waals surface area contributed by atoms with Gasteiger partial charge in [-0.2, -0.15) is 0 Å². The minimum atomic E-state index is -1.78. The van der Waals surface area contributed by atoms with Crippen LogP contribution in [0.5, 0.6) is 17.2 Å². The number of benzene rings is 3. The molecule has 3 aliphatic heterocycles. The number of carboxylic acid groups (broad SMARTS) is 1. The van der Waals surface area contributed by atoms with Crippen molar-refractivity contribution < 1.29 is 54.8 Å². The van der Waals surface area contributed by atoms with Gasteiger partial charge in [0.1, 0.15) is 42.9 Å². The molecule has 0 spiro atoms. The van der Waals surface area contributed by atoms with Crippen molar-refractivity contribution in [3.05, 3.63) is 89.0 Å². The largest absolute Gasteiger partial charge is 0.508 e. The van der Waals surface area contributed by atoms with Gasteiger partial charge in [0.05, 0.1) is 23.7 Å². The van der Waals surface area contributed by atoms with E-state index in [9.17, 15) is 45.3 Å². The molecule has 7 N–H and O–H groups in total. The molecule has 52 heavy (non-hydrogen) atoms. The highest BCUT2D eigenvalue weighted by atomic mass is 16.7. The second-order valence-corrected chi connectivity index (χ2v) is 12.9. The number of aryl methyl sites for hydroxylation is 1. The lowest BCUT2D eigenvalue weighted by Crippen LogP contribution is -2.60. The summed E-state index contributed by atoms with van der Waals surface area (Å²) in [5, 5.41) is 72.8. The Morgan fingerprint density at radius 1 is 0.962 bits per heavy atom. The Kier molecular flexibility index (Phi) is 11.0. The quantitative estimate of drug-likeness (QED) is 0.135. The van der Waals surface area contributed by atoms with Crippen LogP contribution in [-0.4, -0.2) is 109 Å². The van der Waals surface area contributed by atoms with Gasteiger partial charge >= 0.3 is 5.97 Å². The summed E-state index contributed by atoms with van der Waals surface area (Å²) in [5.41, 5.74) is 4.26. The van der Waals surface area contributed by atoms with E-state index in [1.165, 1.54) is 30.4 Å². The predicted molar refractivity (Wildman–Crippen MR) is 190 cm³/mol. The molecule has 1 fully saturated rings. The highest BCUT2D eigenvalue weighted by molar-refractivity contribution is 6.43. The number of aliphatic imine (C=N–C) groups is 2. The van der Waals surface area contributed by atoms with Crippen molar-refractivity contribution in [2.24, 2.45) is 9.98 Å². The standard InChI is InChI=1S/C38H41N3O11/c1-2-25-26(40-19-39-25)15-22-14-21(9-12-28(22)43)10-13-32(45)41-27-17-30(51-38-36(48)35(47)34(46)31(18-42)52-38)29(44)16-24(27)23(33(41)37(49)50)11-8-20-6-4-3-5-7-20/h3-7,9-10,12-14,16-17,23,31,33-36,38,42-44,46-48H,2,8,11,15,18-19H2,1H3,(H,49,50). The van der Waals surface area contributed by atoms with Crippen LogP contribution in [0.15, 0.2) is 76.7 Å². The molecule has 0 radical (unpaired) electrons. The molecule has 0 saturated carbocycles. The number of carbonyl (C=O) groups is 2. The molecular weight excluding hydrogens is 674 g/mol. The van der Waals surface area contributed by atoms with Gasteiger partial charge < -0.3 is 45.2 Å². The number of rotatable bonds is 12. The number of phenolic OH excluding ortho intramolecular Hbond substituents is 2. The van der Waals surface area contributed by atoms with E-state index in [0.29, 0.717) is 49.0 Å². The van der Waals surface area contributed by atoms with E-state index in [4.69, 9.17) is 9.47 Å². The Hall–Kier alpha value is -5.12. The van der Waals surface area contributed by atoms with Crippen LogP contribution in [0.25, 0.3) is 6.08 Å². The summed E-state index contributed by atoms with van der Waals surface area (Å²) in [6, 6.07) is 15.5. The van der Waals surface area contributed by atoms with E-state index >= 15 is 0 Å². The molecule has 274 valence electrons. The normalized spacial score (nSPS) is 25.6. The van der Waals surface area contributed by atoms with Crippen LogP contribution in [0.4, 0.5) is 5.69 Å². The fourth-order valence-corrected chi connectivity index (χ4v) is 6.92. The van der Waals surface area contributed by atoms with Gasteiger partial charge in [-0.15, -0.1) is 0 Å². The number of carboxylic acids is 1. The topological polar surface area (TPSA) is 222 Å². The third-order valence-electron chi connectivity index (χ3n) is 9.67. The summed E-state index contributed by atoms with van der Waals surface area (Å²) < 4.78 is 11.2. The Labute approximate surface area is 299 Å². The first-order valence-corrected chi connectivity index (χ1v) is 17.0. The number of phenols is 2. The summed E-state index contributed by atoms with van der Waals surface area (Å²) >= 11 is 0. The molecular formula is C38H41N3O11. The number of aliphatic hydroxyl groups is 4. The van der Waals surface area contributed by atoms with Crippen LogP contribution >= 0.6 is 0 Å². The molecule has 7 unspecified atom stereocenters. The molecule has 0 aliphatic carbocycles. The summed E-state index contributed by atoms with van der Waals surface area (Å²) in [5.74, 6) is -3.40. The number of hydrogen-bond donors (Lipinski definition) is 7. The van der Waals surface area contributed by atoms with Gasteiger partial charge in [0, 0.05) is 30.0 Å². The highest BCUT2D eigenvalue weighted by Gasteiger charge is 2.48. The van der Waals surface area contributed by atoms with Crippen LogP contribution < -0.4 is 9.64 Å². The molecule has 3 heterocycles. The molecule has 0 bridgehead atoms. The number of ether oxygens (including phenoxy) is 2. The SMILES string of the molecule is CCC1=NCN=C1Cc1cc(C=CC(=O)N2c3cc(OC4OC(CO)C(O)C(O)C4O)c(O)cc3C(CCc3ccccc3)C2C(=O)O)ccc1O. The second-order valence-electron chi connectivity index (χ2n) is 12.9. The van der Waals surface area contributed by atoms with Crippen molar-refractivity contribution in [2.75, 3.05) is 18.2 Å². The van der Waals surface area contributed by atoms with Crippen LogP contribution in [0.1, 0.15) is 47.9 Å². The minimum absolute atomic E-state index is 0.0564. The number of carbonyl (C=O) groups excluding carboxylic acids is 1. The molecule has 3 aromatic carbocycles. The maximum atomic E-state index is 14.1. The number of nitrogens with zero attached hydrogens (tertiary/aromatic N) is 3. The smallest absolute Gasteiger partial charge is 0.327 e. The average Bonchev–Trinajstić information content (AvgIpc) is 3.73. The number of aliphatic hydroxyl groups excluding tert-OH is 4. The number of aromatic hydroxyl groups is 2. The predicted octanol–water partition coefficient (Wildman–Crippen LogP) is 2.31. The van der Waals surface area contributed by atoms with Gasteiger partial charge in [0.15, 0.2) is 11.5 Å². The average molecular weight is 716 g/mol. The zero-order chi connectivity index (χ0) is 37.1. The van der Waals surface area contributed by atoms with Crippen LogP contribution in [-0.2, 0) is 27.2 Å². The van der Waals surface area contributed by atoms with E-state index in [1.807, 2.05) is 37.3 Å². The first-order chi connectivity index (χ1) is 25.0. The molecule has 1 amide bonds. The number of amides is 1. The lowest BCUT2D eigenvalue weighted by molar-refractivity contribution is -0.277. The third-order valence-corrected chi connectivity index (χ3v) is 9.67. The van der Waals surface area contributed by atoms with Gasteiger partial charge in [0.2, 0.25) is 6.29 Å². The number of hydrogen-bond acceptors (Lipinski definition) is 12. The Bertz CT molecular complexity index is 1890. The lowest BCUT2D eigenvalue weighted by Gasteiger charge is -2.39. The summed E-state index contributed by atoms with van der Waals surface area (Å²) in [6.07, 6.45) is -3.53. The molecule has 3 aromatic rings. The van der Waals surface area contributed by atoms with Gasteiger partial charge in [-0.1, -0.05) is 43.3 Å². The maximum Gasteiger partial charge on any atom is 0.327 e. The first kappa shape index (κ1) is 36.7. The van der Waals surface area contributed by atoms with Crippen LogP contribution in [0.3, 0.4) is 0 Å². The van der Waals surface area contributed by atoms with Crippen LogP contribution in [0, 0.1) is 0 Å². The molecule has 0 aromatic heterocycles. The molecule has 7 atom stereocenters. The Morgan fingerprint density at radius 2 is 1.71 bits per heavy atom. The van der Waals surface area contributed by atoms with Crippen molar-refractivity contribution in [1.82, 2.24) is 0 Å². The van der Waals surface area contributed by atoms with Crippen LogP contribution in [0.2, 0.25) is 0 Å². The number of anilines is 1. The fraction of sp³-hybridized carbons (Fsp3) is 0.368. The monoisotopic (exact) mass is 715 g/mol. The van der Waals surface area contributed by atoms with Gasteiger partial charge in [-0.05, 0) is 60.2 Å². The molecule has 14 heteroatoms. The van der Waals surface area contributed by atoms with E-state index in [0.717, 1.165) is 21.9 Å². The van der Waals surface area contributed by atoms with Gasteiger partial charge in [-0.3, -0.25) is 19.7 Å². The summed E-state index contributed by atoms with van der Waals surface area (Å²) in [7, 11) is 0. The van der Waals surface area contributed by atoms with Crippen molar-refractivity contribution in [3.8, 4) is 17.2 Å². The maximum absolute atomic E-state index is 14.1. The molecule has 6 rings (SSSR count). The fourth-order valence-electron chi connectivity index (χ4n) is 6.92. The van der Waals surface area contributed by atoms with Crippen molar-refractivity contribution >= 4 is 35.1 Å². The van der Waals surface area contributed by atoms with E-state index in [1.54, 1.807) is 12.1 Å². The Morgan fingerprint density at radius 3 is 2.42 bits per heavy atom. The van der Waals surface area contributed by atoms with E-state index in [2.05, 4.69) is 9.98 Å². The molecule has 3 aliphatic rings. The van der Waals surface area contributed by atoms with Gasteiger partial charge in [-0.25, -0.2) is 4.79 Å². The number of aliphatic carboxylic acids is 1. The minimum Gasteiger partial charge on any atom is -0.508 e. The Balaban J connectivity index is 1.33. The van der Waals surface area contributed by atoms with Gasteiger partial charge in [0.25, 0.3) is 5.91 Å². The lowest BCUT2D eigenvalue weighted by atomic mass is 9.88. The van der Waals surface area contributed by atoms with E-state index in [-0.39, 0.29) is 17.2 Å². The first-order valence-electron chi connectivity index (χ1n) is 17.0. The van der Waals surface area contributed by atoms with Crippen molar-refractivity contribution in [2.45, 2.75) is 75.3 Å². The van der Waals surface area contributed by atoms with E-state index < -0.39 is 66.9 Å². The number of fused-ring (bicyclic) bond motifs is 1. The zero-order valence-corrected chi connectivity index (χ0v) is 28.3. The van der Waals surface area contributed by atoms with Crippen molar-refractivity contribution in [1.29, 1.82) is 0 Å². The second kappa shape index (κ2) is 15.6. The summed E-state index contributed by atoms with van der Waals surface area (Å²) in [6.45, 7) is 1.61. The third kappa shape index (κ3) is 7.43. The van der Waals surface area contributed by atoms with Crippen molar-refractivity contribution in [3.63, 3.8) is 0 Å². The highest BCUT2D eigenvalue weighted by Crippen LogP contribution is 2.48. The summed E-state index contributed by atoms with van der Waals surface area (Å²) in [4.78, 5) is 36.9. The zero-order valence-electron chi connectivity index (χ0n) is 28.3.